The number of nitrogens with zero attached hydrogens (tertiary/aromatic N) is 1. The molecule has 9 nitrogen and oxygen atoms in total. The van der Waals surface area contributed by atoms with Crippen molar-refractivity contribution < 1.29 is 22.6 Å². The lowest BCUT2D eigenvalue weighted by Crippen LogP contribution is -2.29. The third-order valence-electron chi connectivity index (χ3n) is 7.06. The average Bonchev–Trinajstić information content (AvgIpc) is 2.93. The van der Waals surface area contributed by atoms with Crippen LogP contribution in [-0.2, 0) is 17.2 Å². The molecule has 1 aliphatic carbocycles. The fraction of sp³-hybridized carbons (Fsp3) is 0.0333. The Morgan fingerprint density at radius 1 is 0.875 bits per heavy atom. The van der Waals surface area contributed by atoms with Gasteiger partial charge in [-0.1, -0.05) is 54.6 Å². The predicted octanol–water partition coefficient (Wildman–Crippen LogP) is 4.55. The molecule has 0 saturated heterocycles. The van der Waals surface area contributed by atoms with E-state index < -0.39 is 26.4 Å². The van der Waals surface area contributed by atoms with E-state index >= 15 is 0 Å². The third kappa shape index (κ3) is 3.81. The van der Waals surface area contributed by atoms with Gasteiger partial charge < -0.3 is 15.6 Å². The summed E-state index contributed by atoms with van der Waals surface area (Å²) < 4.78 is 33.9. The van der Waals surface area contributed by atoms with Gasteiger partial charge in [-0.2, -0.15) is 8.42 Å². The molecule has 0 radical (unpaired) electrons. The summed E-state index contributed by atoms with van der Waals surface area (Å²) in [6.07, 6.45) is 0. The van der Waals surface area contributed by atoms with Gasteiger partial charge in [0.05, 0.1) is 28.0 Å². The van der Waals surface area contributed by atoms with Crippen LogP contribution < -0.4 is 16.6 Å². The number of fused-ring (bicyclic) bond motifs is 2. The van der Waals surface area contributed by atoms with Gasteiger partial charge in [-0.25, -0.2) is 0 Å². The molecular formula is C30H21N3O6S. The number of pyridine rings is 1. The first-order valence-electron chi connectivity index (χ1n) is 12.2. The van der Waals surface area contributed by atoms with Crippen molar-refractivity contribution in [1.82, 2.24) is 4.57 Å². The molecule has 1 heterocycles. The number of nitrogens with one attached hydrogen (secondary N) is 1. The molecule has 1 aliphatic rings. The Morgan fingerprint density at radius 3 is 2.23 bits per heavy atom. The molecule has 0 atom stereocenters. The number of aromatic nitrogens is 1. The molecule has 5 aromatic rings. The van der Waals surface area contributed by atoms with Crippen molar-refractivity contribution in [2.75, 3.05) is 11.1 Å². The molecule has 10 heteroatoms. The summed E-state index contributed by atoms with van der Waals surface area (Å²) in [5.41, 5.74) is 8.15. The number of anilines is 3. The number of benzene rings is 4. The highest BCUT2D eigenvalue weighted by Gasteiger charge is 2.34. The molecule has 4 aromatic carbocycles. The SMILES string of the molecule is Cn1c(=O)c(C(=O)c2ccccc2)c2c3c(c(Nc4ccc(S(=O)(=O)O)c(N)c4)ccc31)C(=O)c1ccccc1-2. The smallest absolute Gasteiger partial charge is 0.296 e. The van der Waals surface area contributed by atoms with Gasteiger partial charge >= 0.3 is 0 Å². The summed E-state index contributed by atoms with van der Waals surface area (Å²) in [6.45, 7) is 0. The van der Waals surface area contributed by atoms with Crippen molar-refractivity contribution in [1.29, 1.82) is 0 Å². The van der Waals surface area contributed by atoms with Crippen molar-refractivity contribution in [3.63, 3.8) is 0 Å². The van der Waals surface area contributed by atoms with Gasteiger partial charge in [0.2, 0.25) is 0 Å². The van der Waals surface area contributed by atoms with E-state index in [1.807, 2.05) is 0 Å². The monoisotopic (exact) mass is 551 g/mol. The van der Waals surface area contributed by atoms with E-state index in [9.17, 15) is 27.4 Å². The summed E-state index contributed by atoms with van der Waals surface area (Å²) in [5.74, 6) is -0.768. The highest BCUT2D eigenvalue weighted by atomic mass is 32.2. The molecule has 0 aliphatic heterocycles. The molecular weight excluding hydrogens is 530 g/mol. The van der Waals surface area contributed by atoms with Crippen LogP contribution in [0.3, 0.4) is 0 Å². The minimum Gasteiger partial charge on any atom is -0.398 e. The van der Waals surface area contributed by atoms with Crippen LogP contribution in [0.4, 0.5) is 17.1 Å². The third-order valence-corrected chi connectivity index (χ3v) is 7.99. The summed E-state index contributed by atoms with van der Waals surface area (Å²) >= 11 is 0. The van der Waals surface area contributed by atoms with Crippen LogP contribution in [0.2, 0.25) is 0 Å². The largest absolute Gasteiger partial charge is 0.398 e. The van der Waals surface area contributed by atoms with Crippen molar-refractivity contribution in [2.24, 2.45) is 7.05 Å². The molecule has 1 aromatic heterocycles. The zero-order valence-corrected chi connectivity index (χ0v) is 21.8. The number of nitrogens with two attached hydrogens (primary N) is 1. The van der Waals surface area contributed by atoms with E-state index in [0.717, 1.165) is 6.07 Å². The van der Waals surface area contributed by atoms with E-state index in [4.69, 9.17) is 5.73 Å². The number of carbonyl (C=O) groups excluding carboxylic acids is 2. The second-order valence-corrected chi connectivity index (χ2v) is 10.8. The minimum absolute atomic E-state index is 0.0405. The minimum atomic E-state index is -4.52. The fourth-order valence-corrected chi connectivity index (χ4v) is 5.83. The van der Waals surface area contributed by atoms with Gasteiger partial charge in [-0.05, 0) is 35.9 Å². The lowest BCUT2D eigenvalue weighted by atomic mass is 9.80. The Bertz CT molecular complexity index is 2080. The number of aryl methyl sites for hydroxylation is 1. The predicted molar refractivity (Wildman–Crippen MR) is 152 cm³/mol. The molecule has 0 bridgehead atoms. The van der Waals surface area contributed by atoms with Crippen LogP contribution in [-0.4, -0.2) is 29.1 Å². The molecule has 0 saturated carbocycles. The number of hydrogen-bond acceptors (Lipinski definition) is 7. The van der Waals surface area contributed by atoms with E-state index in [2.05, 4.69) is 5.32 Å². The number of hydrogen-bond donors (Lipinski definition) is 3. The topological polar surface area (TPSA) is 149 Å². The lowest BCUT2D eigenvalue weighted by molar-refractivity contribution is 0.102. The highest BCUT2D eigenvalue weighted by Crippen LogP contribution is 2.44. The number of carbonyl (C=O) groups is 2. The summed E-state index contributed by atoms with van der Waals surface area (Å²) in [7, 11) is -2.96. The quantitative estimate of drug-likeness (QED) is 0.160. The molecule has 4 N–H and O–H groups in total. The van der Waals surface area contributed by atoms with Gasteiger partial charge in [0.15, 0.2) is 11.6 Å². The molecule has 6 rings (SSSR count). The lowest BCUT2D eigenvalue weighted by Gasteiger charge is -2.25. The second kappa shape index (κ2) is 9.01. The van der Waals surface area contributed by atoms with Crippen molar-refractivity contribution in [3.8, 4) is 11.1 Å². The number of nitrogen functional groups attached to an aromatic ring is 1. The summed E-state index contributed by atoms with van der Waals surface area (Å²) in [6, 6.07) is 22.5. The van der Waals surface area contributed by atoms with E-state index in [-0.39, 0.29) is 22.6 Å². The standard InChI is InChI=1S/C30H21N3O6S/c1-33-22-13-12-21(32-17-11-14-23(20(31)15-17)40(37,38)39)25-26(22)24(18-9-5-6-10-19(18)29(25)35)27(30(33)36)28(34)16-7-3-2-4-8-16/h2-15,32H,31H2,1H3,(H,37,38,39). The van der Waals surface area contributed by atoms with E-state index in [0.29, 0.717) is 44.5 Å². The Labute approximate surface area is 228 Å². The maximum atomic E-state index is 14.0. The van der Waals surface area contributed by atoms with Crippen LogP contribution in [0.15, 0.2) is 94.6 Å². The van der Waals surface area contributed by atoms with E-state index in [1.165, 1.54) is 16.7 Å². The van der Waals surface area contributed by atoms with Crippen LogP contribution in [0.1, 0.15) is 31.8 Å². The van der Waals surface area contributed by atoms with E-state index in [1.54, 1.807) is 73.8 Å². The van der Waals surface area contributed by atoms with Crippen LogP contribution >= 0.6 is 0 Å². The maximum absolute atomic E-state index is 14.0. The zero-order valence-electron chi connectivity index (χ0n) is 21.0. The fourth-order valence-electron chi connectivity index (χ4n) is 5.24. The molecule has 198 valence electrons. The molecule has 0 amide bonds. The van der Waals surface area contributed by atoms with Gasteiger partial charge in [0.1, 0.15) is 4.90 Å². The molecule has 40 heavy (non-hydrogen) atoms. The van der Waals surface area contributed by atoms with Crippen molar-refractivity contribution in [2.45, 2.75) is 4.90 Å². The number of rotatable bonds is 5. The van der Waals surface area contributed by atoms with Crippen molar-refractivity contribution in [3.05, 3.63) is 118 Å². The van der Waals surface area contributed by atoms with Gasteiger partial charge in [0.25, 0.3) is 15.7 Å². The van der Waals surface area contributed by atoms with Crippen molar-refractivity contribution >= 4 is 49.6 Å². The first kappa shape index (κ1) is 25.2. The molecule has 0 fully saturated rings. The van der Waals surface area contributed by atoms with Crippen LogP contribution in [0.25, 0.3) is 22.0 Å². The Kier molecular flexibility index (Phi) is 5.68. The summed E-state index contributed by atoms with van der Waals surface area (Å²) in [4.78, 5) is 41.0. The molecule has 0 unspecified atom stereocenters. The van der Waals surface area contributed by atoms with Gasteiger partial charge in [-0.15, -0.1) is 0 Å². The molecule has 0 spiro atoms. The van der Waals surface area contributed by atoms with Crippen LogP contribution in [0, 0.1) is 0 Å². The number of ketones is 2. The summed E-state index contributed by atoms with van der Waals surface area (Å²) in [5, 5.41) is 3.56. The Hall–Kier alpha value is -5.06. The average molecular weight is 552 g/mol. The van der Waals surface area contributed by atoms with Crippen LogP contribution in [0.5, 0.6) is 0 Å². The maximum Gasteiger partial charge on any atom is 0.296 e. The first-order valence-corrected chi connectivity index (χ1v) is 13.6. The Morgan fingerprint density at radius 2 is 1.55 bits per heavy atom. The second-order valence-electron chi connectivity index (χ2n) is 9.42. The normalized spacial score (nSPS) is 12.3. The highest BCUT2D eigenvalue weighted by molar-refractivity contribution is 7.86. The first-order chi connectivity index (χ1) is 19.1. The van der Waals surface area contributed by atoms with Gasteiger partial charge in [-0.3, -0.25) is 18.9 Å². The Balaban J connectivity index is 1.66. The zero-order chi connectivity index (χ0) is 28.3. The van der Waals surface area contributed by atoms with Gasteiger partial charge in [0, 0.05) is 34.8 Å².